The molecule has 180 valence electrons. The van der Waals surface area contributed by atoms with Gasteiger partial charge in [0.05, 0.1) is 22.6 Å². The number of ether oxygens (including phenoxy) is 1. The first-order chi connectivity index (χ1) is 16.6. The van der Waals surface area contributed by atoms with Gasteiger partial charge in [0.2, 0.25) is 0 Å². The summed E-state index contributed by atoms with van der Waals surface area (Å²) < 4.78 is 7.45. The van der Waals surface area contributed by atoms with Crippen molar-refractivity contribution >= 4 is 27.7 Å². The molecule has 1 N–H and O–H groups in total. The summed E-state index contributed by atoms with van der Waals surface area (Å²) in [7, 11) is 0. The summed E-state index contributed by atoms with van der Waals surface area (Å²) in [5.74, 6) is 1.43. The number of hydrogen-bond donors (Lipinski definition) is 1. The van der Waals surface area contributed by atoms with Crippen molar-refractivity contribution < 1.29 is 9.53 Å². The molecule has 2 aromatic heterocycles. The normalized spacial score (nSPS) is 20.4. The van der Waals surface area contributed by atoms with E-state index < -0.39 is 0 Å². The summed E-state index contributed by atoms with van der Waals surface area (Å²) in [5, 5.41) is 6.01. The largest absolute Gasteiger partial charge is 0.381 e. The molecular formula is C26H33N5O3. The second-order valence-corrected chi connectivity index (χ2v) is 10.3. The Kier molecular flexibility index (Phi) is 5.65. The number of amides is 1. The quantitative estimate of drug-likeness (QED) is 0.629. The minimum atomic E-state index is -0.122. The highest BCUT2D eigenvalue weighted by atomic mass is 16.5. The number of nitrogens with zero attached hydrogens (tertiary/aromatic N) is 4. The summed E-state index contributed by atoms with van der Waals surface area (Å²) in [6.07, 6.45) is 6.37. The van der Waals surface area contributed by atoms with Gasteiger partial charge in [-0.05, 0) is 62.1 Å². The Morgan fingerprint density at radius 2 is 1.76 bits per heavy atom. The lowest BCUT2D eigenvalue weighted by Gasteiger charge is -2.37. The number of piperazine rings is 1. The number of aryl methyl sites for hydroxylation is 1. The molecule has 8 heteroatoms. The fourth-order valence-corrected chi connectivity index (χ4v) is 5.54. The summed E-state index contributed by atoms with van der Waals surface area (Å²) in [6.45, 7) is 8.98. The fraction of sp³-hybridized carbons (Fsp3) is 0.577. The Morgan fingerprint density at radius 3 is 2.50 bits per heavy atom. The van der Waals surface area contributed by atoms with Gasteiger partial charge in [-0.15, -0.1) is 0 Å². The van der Waals surface area contributed by atoms with Gasteiger partial charge in [-0.2, -0.15) is 5.10 Å². The zero-order chi connectivity index (χ0) is 23.2. The Morgan fingerprint density at radius 1 is 1.03 bits per heavy atom. The van der Waals surface area contributed by atoms with Crippen molar-refractivity contribution in [3.63, 3.8) is 0 Å². The van der Waals surface area contributed by atoms with Crippen LogP contribution in [0.4, 0.5) is 0 Å². The third-order valence-electron chi connectivity index (χ3n) is 7.83. The molecule has 0 spiro atoms. The van der Waals surface area contributed by atoms with Gasteiger partial charge >= 0.3 is 0 Å². The highest BCUT2D eigenvalue weighted by molar-refractivity contribution is 6.07. The number of rotatable bonds is 5. The first kappa shape index (κ1) is 21.8. The highest BCUT2D eigenvalue weighted by Crippen LogP contribution is 2.33. The van der Waals surface area contributed by atoms with Gasteiger partial charge in [0, 0.05) is 63.4 Å². The predicted octanol–water partition coefficient (Wildman–Crippen LogP) is 2.78. The third-order valence-corrected chi connectivity index (χ3v) is 7.83. The maximum atomic E-state index is 13.6. The number of aromatic nitrogens is 3. The maximum Gasteiger partial charge on any atom is 0.259 e. The van der Waals surface area contributed by atoms with E-state index in [0.717, 1.165) is 92.9 Å². The Hall–Kier alpha value is -2.71. The molecule has 1 aliphatic carbocycles. The molecule has 0 radical (unpaired) electrons. The lowest BCUT2D eigenvalue weighted by molar-refractivity contribution is 0.0393. The van der Waals surface area contributed by atoms with Gasteiger partial charge in [0.25, 0.3) is 11.5 Å². The summed E-state index contributed by atoms with van der Waals surface area (Å²) in [6, 6.07) is 3.92. The summed E-state index contributed by atoms with van der Waals surface area (Å²) >= 11 is 0. The van der Waals surface area contributed by atoms with Crippen molar-refractivity contribution in [1.82, 2.24) is 24.6 Å². The lowest BCUT2D eigenvalue weighted by Crippen LogP contribution is -2.50. The molecule has 0 atom stereocenters. The number of nitrogens with one attached hydrogen (secondary N) is 1. The monoisotopic (exact) mass is 463 g/mol. The van der Waals surface area contributed by atoms with Gasteiger partial charge in [0.15, 0.2) is 0 Å². The van der Waals surface area contributed by atoms with Crippen molar-refractivity contribution in [1.29, 1.82) is 0 Å². The van der Waals surface area contributed by atoms with E-state index in [2.05, 4.69) is 15.0 Å². The lowest BCUT2D eigenvalue weighted by atomic mass is 9.99. The molecule has 2 saturated heterocycles. The van der Waals surface area contributed by atoms with E-state index in [1.165, 1.54) is 12.8 Å². The SMILES string of the molecule is Cc1cc2[nH]c(=O)c3cnn(CC4CC4)c3c2cc1C(=O)N1CCN(CC2CCOCC2)CC1. The smallest absolute Gasteiger partial charge is 0.259 e. The number of carbonyl (C=O) groups excluding carboxylic acids is 1. The second-order valence-electron chi connectivity index (χ2n) is 10.3. The van der Waals surface area contributed by atoms with Gasteiger partial charge < -0.3 is 14.6 Å². The molecule has 1 aromatic carbocycles. The first-order valence-electron chi connectivity index (χ1n) is 12.7. The van der Waals surface area contributed by atoms with E-state index in [-0.39, 0.29) is 11.5 Å². The van der Waals surface area contributed by atoms with Gasteiger partial charge in [-0.25, -0.2) is 0 Å². The van der Waals surface area contributed by atoms with E-state index >= 15 is 0 Å². The number of fused-ring (bicyclic) bond motifs is 3. The molecule has 6 rings (SSSR count). The average molecular weight is 464 g/mol. The van der Waals surface area contributed by atoms with Crippen LogP contribution in [0.1, 0.15) is 41.6 Å². The standard InChI is InChI=1S/C26H33N5O3/c1-17-12-23-21(24-22(25(32)28-23)14-27-31(24)16-18-2-3-18)13-20(17)26(33)30-8-6-29(7-9-30)15-19-4-10-34-11-5-19/h12-14,18-19H,2-11,15-16H2,1H3,(H,28,32). The van der Waals surface area contributed by atoms with Crippen molar-refractivity contribution in [2.45, 2.75) is 39.2 Å². The van der Waals surface area contributed by atoms with E-state index in [0.29, 0.717) is 17.2 Å². The third kappa shape index (κ3) is 4.14. The van der Waals surface area contributed by atoms with Crippen LogP contribution in [0, 0.1) is 18.8 Å². The van der Waals surface area contributed by atoms with E-state index in [1.807, 2.05) is 28.6 Å². The van der Waals surface area contributed by atoms with Crippen LogP contribution in [0.5, 0.6) is 0 Å². The Balaban J connectivity index is 1.25. The molecule has 1 saturated carbocycles. The van der Waals surface area contributed by atoms with Crippen LogP contribution >= 0.6 is 0 Å². The van der Waals surface area contributed by atoms with Crippen molar-refractivity contribution in [2.24, 2.45) is 11.8 Å². The van der Waals surface area contributed by atoms with Crippen LogP contribution in [-0.4, -0.2) is 76.4 Å². The molecule has 0 unspecified atom stereocenters. The Labute approximate surface area is 198 Å². The molecule has 8 nitrogen and oxygen atoms in total. The van der Waals surface area contributed by atoms with E-state index in [4.69, 9.17) is 4.74 Å². The van der Waals surface area contributed by atoms with Crippen LogP contribution in [0.3, 0.4) is 0 Å². The Bertz CT molecular complexity index is 1280. The predicted molar refractivity (Wildman–Crippen MR) is 131 cm³/mol. The molecule has 0 bridgehead atoms. The number of H-pyrrole nitrogens is 1. The van der Waals surface area contributed by atoms with Crippen molar-refractivity contribution in [3.8, 4) is 0 Å². The number of aromatic amines is 1. The minimum Gasteiger partial charge on any atom is -0.381 e. The number of carbonyl (C=O) groups is 1. The second kappa shape index (κ2) is 8.82. The minimum absolute atomic E-state index is 0.0812. The van der Waals surface area contributed by atoms with Crippen LogP contribution < -0.4 is 5.56 Å². The molecule has 4 heterocycles. The summed E-state index contributed by atoms with van der Waals surface area (Å²) in [4.78, 5) is 33.7. The van der Waals surface area contributed by atoms with E-state index in [9.17, 15) is 9.59 Å². The van der Waals surface area contributed by atoms with Crippen LogP contribution in [-0.2, 0) is 11.3 Å². The maximum absolute atomic E-state index is 13.6. The van der Waals surface area contributed by atoms with Crippen LogP contribution in [0.25, 0.3) is 21.8 Å². The van der Waals surface area contributed by atoms with Gasteiger partial charge in [0.1, 0.15) is 0 Å². The highest BCUT2D eigenvalue weighted by Gasteiger charge is 2.27. The molecule has 2 aliphatic heterocycles. The summed E-state index contributed by atoms with van der Waals surface area (Å²) in [5.41, 5.74) is 3.11. The fourth-order valence-electron chi connectivity index (χ4n) is 5.54. The topological polar surface area (TPSA) is 83.5 Å². The average Bonchev–Trinajstić information content (AvgIpc) is 3.56. The van der Waals surface area contributed by atoms with E-state index in [1.54, 1.807) is 6.20 Å². The van der Waals surface area contributed by atoms with Crippen molar-refractivity contribution in [3.05, 3.63) is 39.8 Å². The number of hydrogen-bond acceptors (Lipinski definition) is 5. The number of pyridine rings is 1. The zero-order valence-electron chi connectivity index (χ0n) is 19.9. The molecule has 3 aliphatic rings. The molecular weight excluding hydrogens is 430 g/mol. The first-order valence-corrected chi connectivity index (χ1v) is 12.7. The number of benzene rings is 1. The van der Waals surface area contributed by atoms with Crippen LogP contribution in [0.15, 0.2) is 23.1 Å². The molecule has 1 amide bonds. The van der Waals surface area contributed by atoms with Crippen molar-refractivity contribution in [2.75, 3.05) is 45.9 Å². The zero-order valence-corrected chi connectivity index (χ0v) is 19.9. The van der Waals surface area contributed by atoms with Crippen LogP contribution in [0.2, 0.25) is 0 Å². The molecule has 3 aromatic rings. The molecule has 3 fully saturated rings. The molecule has 34 heavy (non-hydrogen) atoms. The van der Waals surface area contributed by atoms with Gasteiger partial charge in [-0.3, -0.25) is 19.2 Å². The van der Waals surface area contributed by atoms with Gasteiger partial charge in [-0.1, -0.05) is 0 Å².